The van der Waals surface area contributed by atoms with Crippen LogP contribution in [-0.4, -0.2) is 301 Å². The van der Waals surface area contributed by atoms with Crippen molar-refractivity contribution in [3.63, 3.8) is 0 Å². The van der Waals surface area contributed by atoms with E-state index in [0.29, 0.717) is 62.7 Å². The molecule has 15 amide bonds. The molecule has 4 heterocycles. The lowest BCUT2D eigenvalue weighted by Gasteiger charge is -2.38. The number of aromatic nitrogens is 1. The number of amides is 15. The minimum atomic E-state index is -2.03. The summed E-state index contributed by atoms with van der Waals surface area (Å²) in [6.45, 7) is 2.94. The van der Waals surface area contributed by atoms with Crippen LogP contribution in [0.15, 0.2) is 158 Å². The first kappa shape index (κ1) is 106. The third-order valence-corrected chi connectivity index (χ3v) is 25.6. The van der Waals surface area contributed by atoms with Gasteiger partial charge < -0.3 is 114 Å². The number of methoxy groups -OCH3 is 1. The van der Waals surface area contributed by atoms with Gasteiger partial charge in [0.15, 0.2) is 11.6 Å². The number of rotatable bonds is 25. The molecule has 18 N–H and O–H groups in total. The van der Waals surface area contributed by atoms with E-state index in [1.54, 1.807) is 122 Å². The van der Waals surface area contributed by atoms with Gasteiger partial charge in [0.05, 0.1) is 38.0 Å². The maximum Gasteiger partial charge on any atom is 0.305 e. The molecule has 3 fully saturated rings. The molecule has 3 aliphatic heterocycles. The fraction of sp³-hybridized carbons (Fsp3) is 0.443. The number of unbranched alkanes of at least 4 members (excludes halogenated alkanes) is 1. The van der Waals surface area contributed by atoms with E-state index < -0.39 is 260 Å². The summed E-state index contributed by atoms with van der Waals surface area (Å²) in [6, 6.07) is 16.4. The number of ether oxygens (including phenoxy) is 1. The Balaban J connectivity index is 1.07. The van der Waals surface area contributed by atoms with Gasteiger partial charge in [0.25, 0.3) is 0 Å². The highest BCUT2D eigenvalue weighted by atomic mass is 32.2. The van der Waals surface area contributed by atoms with Crippen molar-refractivity contribution in [1.82, 2.24) is 77.3 Å². The average Bonchev–Trinajstić information content (AvgIpc) is 1.65. The number of phenolic OH excluding ortho intramolecular Hbond substituents is 1. The van der Waals surface area contributed by atoms with Gasteiger partial charge in [-0.3, -0.25) is 76.7 Å². The fourth-order valence-electron chi connectivity index (χ4n) is 17.0. The Kier molecular flexibility index (Phi) is 38.6. The topological polar surface area (TPSA) is 556 Å². The van der Waals surface area contributed by atoms with Crippen molar-refractivity contribution < 1.29 is 111 Å². The molecule has 1 aromatic heterocycles. The van der Waals surface area contributed by atoms with Crippen molar-refractivity contribution in [1.29, 1.82) is 0 Å². The lowest BCUT2D eigenvalue weighted by Crippen LogP contribution is -2.62. The quantitative estimate of drug-likeness (QED) is 0.0373. The van der Waals surface area contributed by atoms with Gasteiger partial charge >= 0.3 is 5.97 Å². The van der Waals surface area contributed by atoms with Gasteiger partial charge in [-0.05, 0) is 108 Å². The zero-order valence-electron chi connectivity index (χ0n) is 77.7. The van der Waals surface area contributed by atoms with E-state index in [0.717, 1.165) is 42.7 Å². The number of primary amides is 1. The number of carbonyl (C=O) groups is 16. The van der Waals surface area contributed by atoms with E-state index in [9.17, 15) is 48.8 Å². The van der Waals surface area contributed by atoms with Crippen LogP contribution in [0.4, 0.5) is 8.78 Å². The van der Waals surface area contributed by atoms with Crippen LogP contribution in [-0.2, 0) is 115 Å². The van der Waals surface area contributed by atoms with Crippen LogP contribution in [0, 0.1) is 17.6 Å². The highest BCUT2D eigenvalue weighted by molar-refractivity contribution is 8.00. The Morgan fingerprint density at radius 2 is 1.01 bits per heavy atom. The number of H-pyrrole nitrogens is 1. The first-order chi connectivity index (χ1) is 65.8. The van der Waals surface area contributed by atoms with Gasteiger partial charge in [-0.15, -0.1) is 11.8 Å². The molecule has 740 valence electrons. The number of nitrogens with two attached hydrogens (primary N) is 2. The number of benzene rings is 6. The number of aromatic hydroxyl groups is 1. The number of para-hydroxylation sites is 1. The number of likely N-dealkylation sites (N-methyl/N-ethyl adjacent to an activating group) is 3. The Bertz CT molecular complexity index is 5490. The highest BCUT2D eigenvalue weighted by Gasteiger charge is 2.48. The zero-order valence-corrected chi connectivity index (χ0v) is 78.5. The summed E-state index contributed by atoms with van der Waals surface area (Å²) in [6.07, 6.45) is -5.13. The van der Waals surface area contributed by atoms with Gasteiger partial charge in [-0.1, -0.05) is 143 Å². The number of fused-ring (bicyclic) bond motifs is 3. The number of thioether (sulfide) groups is 1. The van der Waals surface area contributed by atoms with Gasteiger partial charge in [-0.25, -0.2) is 8.78 Å². The molecule has 0 unspecified atom stereocenters. The lowest BCUT2D eigenvalue weighted by atomic mass is 9.98. The first-order valence-electron chi connectivity index (χ1n) is 45.6. The van der Waals surface area contributed by atoms with E-state index in [-0.39, 0.29) is 75.6 Å². The number of phenols is 1. The van der Waals surface area contributed by atoms with Crippen LogP contribution in [0.5, 0.6) is 11.5 Å². The van der Waals surface area contributed by atoms with Crippen LogP contribution in [0.3, 0.4) is 0 Å². The van der Waals surface area contributed by atoms with Crippen molar-refractivity contribution in [2.75, 3.05) is 65.9 Å². The molecule has 6 aromatic carbocycles. The van der Waals surface area contributed by atoms with E-state index in [4.69, 9.17) is 16.2 Å². The standard InChI is InChI=1S/C97H121F2N17O21S/c1-8-9-26-76-96(135)116-51-63(119)46-79(116)92(131)108-72(47-83(122)123)89(128)111-84(54(2)3)97(136)113(5)77(42-55-19-12-10-13-20-55)90(129)109-74(40-58-29-34-64(137-7)35-30-58)94(133)115-50-62(118)45-78(115)91(130)107-71(44-60-48-102-68-24-17-16-23-65(60)68)88(127)106-70(39-57-27-32-61(117)33-28-57)87(126)105-69(25-18-37-100)86(125)110-75(85(124)103-49-81(101)120)52-138-53-82(121)104-73(41-59-31-36-66(98)67(99)38-59)93(132)114(6)80(95(134)112(76)4)43-56-21-14-11-15-22-56/h10-17,19-24,27-36,38,48,54,62-63,69-80,84,102,117-119H,8-9,18,25-26,37,39-47,49-53,100H2,1-7H3,(H2,101,120)(H,103,124)(H,104,121)(H,105,126)(H,106,127)(H,107,130)(H,108,131)(H,109,129)(H,110,125)(H,111,128)(H,122,123)/t62-,63-,69-,70-,71-,72-,73-,74+,75-,76-,77+,78+,79+,80-,84-/m0/s1. The van der Waals surface area contributed by atoms with Crippen LogP contribution in [0.2, 0.25) is 0 Å². The number of halogens is 2. The van der Waals surface area contributed by atoms with Crippen molar-refractivity contribution in [2.45, 2.75) is 201 Å². The number of carbonyl (C=O) groups excluding carboxylic acids is 15. The molecule has 38 nitrogen and oxygen atoms in total. The van der Waals surface area contributed by atoms with Gasteiger partial charge in [0.2, 0.25) is 88.6 Å². The SMILES string of the molecule is CCCC[C@H]1C(=O)N2C[C@@H](O)C[C@@H]2C(=O)N[C@@H](CC(=O)O)C(=O)N[C@@H](C(C)C)C(=O)N(C)[C@H](Cc2ccccc2)C(=O)N[C@H](Cc2ccc(OC)cc2)C(=O)N2C[C@@H](O)C[C@@H]2C(=O)N[C@@H](Cc2c[nH]c3ccccc23)C(=O)N[C@@H](Cc2ccc(O)cc2)C(=O)N[C@@H](CCCN)C(=O)N[C@H](C(=O)NCC(N)=O)CSCC(=O)N[C@@H](Cc2ccc(F)c(F)c2)C(=O)N(C)[C@@H](Cc2ccccc2)C(=O)N1C. The number of aliphatic carboxylic acids is 1. The molecule has 0 bridgehead atoms. The Morgan fingerprint density at radius 1 is 0.514 bits per heavy atom. The number of carboxylic acid groups (broad SMARTS) is 1. The molecule has 15 atom stereocenters. The number of aliphatic hydroxyl groups is 2. The predicted molar refractivity (Wildman–Crippen MR) is 503 cm³/mol. The molecule has 0 aliphatic carbocycles. The van der Waals surface area contributed by atoms with Crippen LogP contribution in [0.25, 0.3) is 10.9 Å². The molecule has 10 rings (SSSR count). The molecule has 0 radical (unpaired) electrons. The molecule has 41 heteroatoms. The molecule has 3 saturated heterocycles. The highest BCUT2D eigenvalue weighted by Crippen LogP contribution is 2.29. The molecular formula is C97H121F2N17O21S. The predicted octanol–water partition coefficient (Wildman–Crippen LogP) is 0.607. The molecule has 0 saturated carbocycles. The average molecular weight is 1930 g/mol. The summed E-state index contributed by atoms with van der Waals surface area (Å²) in [5.41, 5.74) is 14.2. The van der Waals surface area contributed by atoms with E-state index in [1.807, 2.05) is 0 Å². The second kappa shape index (κ2) is 50.2. The number of carboxylic acids is 1. The van der Waals surface area contributed by atoms with Crippen molar-refractivity contribution in [3.8, 4) is 11.5 Å². The number of aromatic amines is 1. The summed E-state index contributed by atoms with van der Waals surface area (Å²) >= 11 is 0.695. The lowest BCUT2D eigenvalue weighted by molar-refractivity contribution is -0.152. The van der Waals surface area contributed by atoms with E-state index in [1.165, 1.54) is 66.4 Å². The second-order valence-corrected chi connectivity index (χ2v) is 36.1. The second-order valence-electron chi connectivity index (χ2n) is 35.1. The molecule has 138 heavy (non-hydrogen) atoms. The van der Waals surface area contributed by atoms with E-state index in [2.05, 4.69) is 52.8 Å². The first-order valence-corrected chi connectivity index (χ1v) is 46.7. The summed E-state index contributed by atoms with van der Waals surface area (Å²) in [7, 11) is 5.18. The Labute approximate surface area is 800 Å². The van der Waals surface area contributed by atoms with Crippen LogP contribution < -0.4 is 64.1 Å². The molecule has 3 aliphatic rings. The van der Waals surface area contributed by atoms with E-state index >= 15 is 57.1 Å². The summed E-state index contributed by atoms with van der Waals surface area (Å²) < 4.78 is 35.3. The third kappa shape index (κ3) is 29.1. The minimum absolute atomic E-state index is 0.0283. The molecular weight excluding hydrogens is 1810 g/mol. The largest absolute Gasteiger partial charge is 0.508 e. The number of aliphatic hydroxyl groups excluding tert-OH is 2. The molecule has 7 aromatic rings. The van der Waals surface area contributed by atoms with Crippen LogP contribution >= 0.6 is 11.8 Å². The molecule has 0 spiro atoms. The number of nitrogens with zero attached hydrogens (tertiary/aromatic N) is 5. The monoisotopic (exact) mass is 1930 g/mol. The zero-order chi connectivity index (χ0) is 100. The van der Waals surface area contributed by atoms with Crippen molar-refractivity contribution in [3.05, 3.63) is 203 Å². The smallest absolute Gasteiger partial charge is 0.305 e. The van der Waals surface area contributed by atoms with Gasteiger partial charge in [0, 0.05) is 108 Å². The number of hydrogen-bond acceptors (Lipinski definition) is 22. The van der Waals surface area contributed by atoms with Crippen LogP contribution in [0.1, 0.15) is 106 Å². The number of nitrogens with one attached hydrogen (secondary N) is 10. The van der Waals surface area contributed by atoms with Crippen molar-refractivity contribution in [2.24, 2.45) is 17.4 Å². The van der Waals surface area contributed by atoms with Gasteiger partial charge in [0.1, 0.15) is 90.0 Å². The minimum Gasteiger partial charge on any atom is -0.508 e. The fourth-order valence-corrected chi connectivity index (χ4v) is 17.8. The Morgan fingerprint density at radius 3 is 1.60 bits per heavy atom. The summed E-state index contributed by atoms with van der Waals surface area (Å²) in [4.78, 5) is 248. The maximum atomic E-state index is 15.9. The maximum absolute atomic E-state index is 15.9. The Hall–Kier alpha value is -13.9. The third-order valence-electron chi connectivity index (χ3n) is 24.6. The summed E-state index contributed by atoms with van der Waals surface area (Å²) in [5.74, 6) is -21.2. The summed E-state index contributed by atoms with van der Waals surface area (Å²) in [5, 5.41) is 68.2. The van der Waals surface area contributed by atoms with Crippen molar-refractivity contribution >= 4 is 117 Å². The normalized spacial score (nSPS) is 24.2. The van der Waals surface area contributed by atoms with Gasteiger partial charge in [-0.2, -0.15) is 0 Å². The number of hydrogen-bond donors (Lipinski definition) is 16.